The van der Waals surface area contributed by atoms with Gasteiger partial charge in [-0.25, -0.2) is 0 Å². The quantitative estimate of drug-likeness (QED) is 0.176. The smallest absolute Gasteiger partial charge is 0.333 e. The number of hydrogen-bond donors (Lipinski definition) is 0. The molecule has 0 N–H and O–H groups in total. The summed E-state index contributed by atoms with van der Waals surface area (Å²) in [5.74, 6) is 0. The lowest BCUT2D eigenvalue weighted by Gasteiger charge is -2.42. The Bertz CT molecular complexity index is 2770. The van der Waals surface area contributed by atoms with E-state index in [0.29, 0.717) is 0 Å². The van der Waals surface area contributed by atoms with Crippen LogP contribution < -0.4 is 15.7 Å². The molecule has 11 rings (SSSR count). The molecule has 0 atom stereocenters. The van der Waals surface area contributed by atoms with Crippen molar-refractivity contribution in [3.8, 4) is 27.9 Å². The molecule has 4 heteroatoms. The molecule has 0 radical (unpaired) electrons. The number of anilines is 2. The number of fused-ring (bicyclic) bond motifs is 12. The Labute approximate surface area is 276 Å². The molecule has 0 amide bonds. The summed E-state index contributed by atoms with van der Waals surface area (Å²) in [6.45, 7) is 2.26. The van der Waals surface area contributed by atoms with Gasteiger partial charge in [0, 0.05) is 43.2 Å². The van der Waals surface area contributed by atoms with Gasteiger partial charge in [0.15, 0.2) is 0 Å². The first-order valence-corrected chi connectivity index (χ1v) is 17.1. The fraction of sp³-hybridized carbons (Fsp3) is 0.0233. The van der Waals surface area contributed by atoms with Crippen molar-refractivity contribution < 1.29 is 0 Å². The van der Waals surface area contributed by atoms with E-state index in [2.05, 4.69) is 162 Å². The molecule has 7 aromatic carbocycles. The molecule has 218 valence electrons. The monoisotopic (exact) mass is 614 g/mol. The minimum absolute atomic E-state index is 0.0112. The van der Waals surface area contributed by atoms with Gasteiger partial charge in [0.2, 0.25) is 0 Å². The summed E-state index contributed by atoms with van der Waals surface area (Å²) in [5, 5.41) is 5.30. The number of thiophene rings is 1. The molecule has 2 aliphatic heterocycles. The second kappa shape index (κ2) is 9.25. The molecule has 0 spiro atoms. The lowest BCUT2D eigenvalue weighted by Crippen LogP contribution is -2.60. The highest BCUT2D eigenvalue weighted by Gasteiger charge is 2.45. The number of aromatic nitrogens is 1. The maximum absolute atomic E-state index is 2.66. The van der Waals surface area contributed by atoms with Crippen LogP contribution in [0.4, 0.5) is 11.4 Å². The number of hydrogen-bond acceptors (Lipinski definition) is 2. The van der Waals surface area contributed by atoms with Crippen LogP contribution in [-0.2, 0) is 0 Å². The third-order valence-corrected chi connectivity index (χ3v) is 11.7. The van der Waals surface area contributed by atoms with Crippen LogP contribution in [-0.4, -0.2) is 11.4 Å². The highest BCUT2D eigenvalue weighted by atomic mass is 32.1. The van der Waals surface area contributed by atoms with Crippen LogP contribution >= 0.6 is 11.3 Å². The fourth-order valence-electron chi connectivity index (χ4n) is 8.60. The summed E-state index contributed by atoms with van der Waals surface area (Å²) < 4.78 is 5.23. The molecule has 2 aliphatic rings. The van der Waals surface area contributed by atoms with Gasteiger partial charge in [0.1, 0.15) is 0 Å². The fourth-order valence-corrected chi connectivity index (χ4v) is 9.85. The summed E-state index contributed by atoms with van der Waals surface area (Å²) in [6.07, 6.45) is 0. The summed E-state index contributed by atoms with van der Waals surface area (Å²) >= 11 is 1.92. The van der Waals surface area contributed by atoms with Gasteiger partial charge in [0.05, 0.1) is 21.4 Å². The third-order valence-electron chi connectivity index (χ3n) is 10.5. The first kappa shape index (κ1) is 25.6. The largest absolute Gasteiger partial charge is 0.375 e. The summed E-state index contributed by atoms with van der Waals surface area (Å²) in [4.78, 5) is 2.66. The maximum Gasteiger partial charge on any atom is 0.333 e. The van der Waals surface area contributed by atoms with Crippen molar-refractivity contribution >= 4 is 82.5 Å². The minimum Gasteiger partial charge on any atom is -0.375 e. The van der Waals surface area contributed by atoms with E-state index in [0.717, 1.165) is 0 Å². The minimum atomic E-state index is 0.0112. The van der Waals surface area contributed by atoms with Crippen molar-refractivity contribution in [3.05, 3.63) is 151 Å². The number of benzene rings is 7. The van der Waals surface area contributed by atoms with Crippen LogP contribution in [0.3, 0.4) is 0 Å². The van der Waals surface area contributed by atoms with Crippen LogP contribution in [0.15, 0.2) is 146 Å². The van der Waals surface area contributed by atoms with E-state index in [9.17, 15) is 0 Å². The molecule has 9 aromatic rings. The van der Waals surface area contributed by atoms with E-state index in [-0.39, 0.29) is 6.85 Å². The second-order valence-corrected chi connectivity index (χ2v) is 13.9. The van der Waals surface area contributed by atoms with E-state index in [1.54, 1.807) is 0 Å². The van der Waals surface area contributed by atoms with E-state index >= 15 is 0 Å². The Kier molecular flexibility index (Phi) is 5.04. The molecule has 0 saturated heterocycles. The predicted octanol–water partition coefficient (Wildman–Crippen LogP) is 10.4. The van der Waals surface area contributed by atoms with Gasteiger partial charge in [0.25, 0.3) is 0 Å². The Morgan fingerprint density at radius 3 is 2.21 bits per heavy atom. The first-order valence-electron chi connectivity index (χ1n) is 16.3. The van der Waals surface area contributed by atoms with Gasteiger partial charge in [-0.05, 0) is 76.5 Å². The Balaban J connectivity index is 1.41. The van der Waals surface area contributed by atoms with Gasteiger partial charge in [-0.15, -0.1) is 11.3 Å². The highest BCUT2D eigenvalue weighted by molar-refractivity contribution is 7.26. The van der Waals surface area contributed by atoms with E-state index in [4.69, 9.17) is 0 Å². The van der Waals surface area contributed by atoms with E-state index in [1.165, 1.54) is 97.8 Å². The molecule has 0 saturated carbocycles. The maximum atomic E-state index is 2.66. The average molecular weight is 615 g/mol. The second-order valence-electron chi connectivity index (χ2n) is 12.9. The third kappa shape index (κ3) is 3.25. The van der Waals surface area contributed by atoms with Crippen molar-refractivity contribution in [3.63, 3.8) is 0 Å². The van der Waals surface area contributed by atoms with Gasteiger partial charge in [-0.1, -0.05) is 109 Å². The van der Waals surface area contributed by atoms with Gasteiger partial charge >= 0.3 is 6.85 Å². The van der Waals surface area contributed by atoms with Crippen LogP contribution in [0.25, 0.3) is 69.9 Å². The van der Waals surface area contributed by atoms with Gasteiger partial charge in [-0.2, -0.15) is 0 Å². The summed E-state index contributed by atoms with van der Waals surface area (Å²) in [7, 11) is 0. The average Bonchev–Trinajstić information content (AvgIpc) is 3.68. The Morgan fingerprint density at radius 2 is 1.32 bits per heavy atom. The van der Waals surface area contributed by atoms with Crippen molar-refractivity contribution in [2.75, 3.05) is 4.81 Å². The molecule has 0 bridgehead atoms. The molecule has 2 aromatic heterocycles. The molecule has 0 unspecified atom stereocenters. The van der Waals surface area contributed by atoms with Gasteiger partial charge in [-0.3, -0.25) is 0 Å². The normalized spacial score (nSPS) is 13.1. The van der Waals surface area contributed by atoms with Gasteiger partial charge < -0.3 is 9.38 Å². The molecule has 47 heavy (non-hydrogen) atoms. The predicted molar refractivity (Wildman–Crippen MR) is 203 cm³/mol. The number of aryl methyl sites for hydroxylation is 1. The topological polar surface area (TPSA) is 8.17 Å². The van der Waals surface area contributed by atoms with Crippen molar-refractivity contribution in [2.24, 2.45) is 0 Å². The van der Waals surface area contributed by atoms with Crippen LogP contribution in [0.2, 0.25) is 0 Å². The summed E-state index contributed by atoms with van der Waals surface area (Å²) in [5.41, 5.74) is 15.6. The van der Waals surface area contributed by atoms with E-state index in [1.807, 2.05) is 11.3 Å². The lowest BCUT2D eigenvalue weighted by atomic mass is 9.44. The van der Waals surface area contributed by atoms with Crippen molar-refractivity contribution in [2.45, 2.75) is 6.92 Å². The highest BCUT2D eigenvalue weighted by Crippen LogP contribution is 2.52. The molecular formula is C43H27BN2S. The zero-order chi connectivity index (χ0) is 30.8. The SMILES string of the molecule is Cc1ccccc1-c1cc2c3c4c1c1ccccc1n4-c1ccccc1B3N(c1ccccc1)c1c-2ccc2c1sc1ccccc12. The number of rotatable bonds is 2. The van der Waals surface area contributed by atoms with Crippen molar-refractivity contribution in [1.82, 2.24) is 4.57 Å². The molecule has 2 nitrogen and oxygen atoms in total. The van der Waals surface area contributed by atoms with Crippen LogP contribution in [0, 0.1) is 6.92 Å². The molecule has 4 heterocycles. The molecular weight excluding hydrogens is 587 g/mol. The Hall–Kier alpha value is -5.58. The number of nitrogens with zero attached hydrogens (tertiary/aromatic N) is 2. The molecule has 0 fully saturated rings. The number of para-hydroxylation sites is 3. The zero-order valence-electron chi connectivity index (χ0n) is 25.7. The zero-order valence-corrected chi connectivity index (χ0v) is 26.6. The lowest BCUT2D eigenvalue weighted by molar-refractivity contribution is 1.18. The first-order chi connectivity index (χ1) is 23.3. The van der Waals surface area contributed by atoms with E-state index < -0.39 is 0 Å². The van der Waals surface area contributed by atoms with Crippen LogP contribution in [0.1, 0.15) is 5.56 Å². The Morgan fingerprint density at radius 1 is 0.574 bits per heavy atom. The standard InChI is InChI=1S/C43H27BN2S/c1-26-13-5-6-16-28(26)33-25-34-30-23-24-31-29-17-8-12-22-38(29)47-43(31)41(30)46(27-14-3-2-4-15-27)44-35-19-9-11-21-37(35)45-36-20-10-7-18-32(36)39(33)42(45)40(34)44/h2-25H,1H3. The summed E-state index contributed by atoms with van der Waals surface area (Å²) in [6, 6.07) is 54.2. The van der Waals surface area contributed by atoms with Crippen molar-refractivity contribution in [1.29, 1.82) is 0 Å². The van der Waals surface area contributed by atoms with Crippen LogP contribution in [0.5, 0.6) is 0 Å². The molecule has 0 aliphatic carbocycles.